The van der Waals surface area contributed by atoms with Crippen LogP contribution in [0.1, 0.15) is 18.0 Å². The Bertz CT molecular complexity index is 1230. The van der Waals surface area contributed by atoms with E-state index in [1.807, 2.05) is 73.7 Å². The SMILES string of the molecule is CC(Oc1ccccc1)c1nn2c(-c3ccc4ccccc4n3)nnc2s1. The van der Waals surface area contributed by atoms with Gasteiger partial charge in [0, 0.05) is 5.39 Å². The summed E-state index contributed by atoms with van der Waals surface area (Å²) in [6.07, 6.45) is -0.184. The first kappa shape index (κ1) is 15.9. The second-order valence-corrected chi connectivity index (χ2v) is 7.11. The van der Waals surface area contributed by atoms with Crippen LogP contribution >= 0.6 is 11.3 Å². The van der Waals surface area contributed by atoms with E-state index in [0.29, 0.717) is 5.82 Å². The van der Waals surface area contributed by atoms with Crippen molar-refractivity contribution in [3.63, 3.8) is 0 Å². The van der Waals surface area contributed by atoms with E-state index in [2.05, 4.69) is 15.3 Å². The fraction of sp³-hybridized carbons (Fsp3) is 0.100. The first-order valence-electron chi connectivity index (χ1n) is 8.58. The molecule has 2 aromatic carbocycles. The van der Waals surface area contributed by atoms with Crippen molar-refractivity contribution in [2.24, 2.45) is 0 Å². The molecule has 0 saturated heterocycles. The fourth-order valence-corrected chi connectivity index (χ4v) is 3.72. The summed E-state index contributed by atoms with van der Waals surface area (Å²) in [5, 5.41) is 15.1. The average molecular weight is 373 g/mol. The number of hydrogen-bond acceptors (Lipinski definition) is 6. The fourth-order valence-electron chi connectivity index (χ4n) is 2.90. The first-order chi connectivity index (χ1) is 13.3. The monoisotopic (exact) mass is 373 g/mol. The number of aromatic nitrogens is 5. The van der Waals surface area contributed by atoms with Crippen LogP contribution < -0.4 is 4.74 Å². The molecule has 0 N–H and O–H groups in total. The number of benzene rings is 2. The van der Waals surface area contributed by atoms with E-state index in [1.54, 1.807) is 4.52 Å². The highest BCUT2D eigenvalue weighted by atomic mass is 32.1. The lowest BCUT2D eigenvalue weighted by atomic mass is 10.2. The zero-order valence-electron chi connectivity index (χ0n) is 14.5. The predicted octanol–water partition coefficient (Wildman–Crippen LogP) is 4.54. The van der Waals surface area contributed by atoms with E-state index in [9.17, 15) is 0 Å². The lowest BCUT2D eigenvalue weighted by Crippen LogP contribution is -2.04. The highest BCUT2D eigenvalue weighted by Gasteiger charge is 2.19. The van der Waals surface area contributed by atoms with Crippen molar-refractivity contribution in [3.05, 3.63) is 71.7 Å². The van der Waals surface area contributed by atoms with E-state index < -0.39 is 0 Å². The molecule has 0 amide bonds. The van der Waals surface area contributed by atoms with E-state index in [1.165, 1.54) is 11.3 Å². The third-order valence-corrected chi connectivity index (χ3v) is 5.30. The summed E-state index contributed by atoms with van der Waals surface area (Å²) in [6, 6.07) is 21.7. The van der Waals surface area contributed by atoms with Crippen LogP contribution in [-0.2, 0) is 0 Å². The third-order valence-electron chi connectivity index (χ3n) is 4.24. The minimum atomic E-state index is -0.184. The molecule has 7 heteroatoms. The van der Waals surface area contributed by atoms with Gasteiger partial charge in [-0.25, -0.2) is 4.98 Å². The molecule has 0 aliphatic heterocycles. The molecular weight excluding hydrogens is 358 g/mol. The average Bonchev–Trinajstić information content (AvgIpc) is 3.29. The van der Waals surface area contributed by atoms with E-state index >= 15 is 0 Å². The highest BCUT2D eigenvalue weighted by molar-refractivity contribution is 7.16. The van der Waals surface area contributed by atoms with E-state index in [0.717, 1.165) is 32.3 Å². The molecule has 0 bridgehead atoms. The number of para-hydroxylation sites is 2. The number of pyridine rings is 1. The second kappa shape index (κ2) is 6.44. The predicted molar refractivity (Wildman–Crippen MR) is 105 cm³/mol. The zero-order chi connectivity index (χ0) is 18.2. The summed E-state index contributed by atoms with van der Waals surface area (Å²) in [4.78, 5) is 5.42. The number of fused-ring (bicyclic) bond motifs is 2. The maximum Gasteiger partial charge on any atom is 0.235 e. The van der Waals surface area contributed by atoms with Gasteiger partial charge < -0.3 is 4.74 Å². The lowest BCUT2D eigenvalue weighted by molar-refractivity contribution is 0.225. The molecule has 0 fully saturated rings. The summed E-state index contributed by atoms with van der Waals surface area (Å²) in [6.45, 7) is 1.98. The van der Waals surface area contributed by atoms with Crippen LogP contribution in [0.5, 0.6) is 5.75 Å². The molecule has 0 aliphatic rings. The molecule has 132 valence electrons. The molecule has 6 nitrogen and oxygen atoms in total. The lowest BCUT2D eigenvalue weighted by Gasteiger charge is -2.11. The minimum Gasteiger partial charge on any atom is -0.483 e. The molecule has 1 atom stereocenters. The Morgan fingerprint density at radius 2 is 1.74 bits per heavy atom. The van der Waals surface area contributed by atoms with Gasteiger partial charge in [0.1, 0.15) is 17.5 Å². The minimum absolute atomic E-state index is 0.184. The highest BCUT2D eigenvalue weighted by Crippen LogP contribution is 2.27. The van der Waals surface area contributed by atoms with Crippen molar-refractivity contribution < 1.29 is 4.74 Å². The van der Waals surface area contributed by atoms with Crippen LogP contribution in [0, 0.1) is 0 Å². The van der Waals surface area contributed by atoms with Gasteiger partial charge in [0.25, 0.3) is 0 Å². The van der Waals surface area contributed by atoms with Crippen molar-refractivity contribution >= 4 is 27.2 Å². The summed E-state index contributed by atoms with van der Waals surface area (Å²) in [7, 11) is 0. The summed E-state index contributed by atoms with van der Waals surface area (Å²) >= 11 is 1.47. The van der Waals surface area contributed by atoms with Gasteiger partial charge in [-0.3, -0.25) is 0 Å². The molecule has 0 radical (unpaired) electrons. The van der Waals surface area contributed by atoms with Gasteiger partial charge in [0.2, 0.25) is 10.8 Å². The number of ether oxygens (including phenoxy) is 1. The largest absolute Gasteiger partial charge is 0.483 e. The quantitative estimate of drug-likeness (QED) is 0.463. The molecule has 3 heterocycles. The summed E-state index contributed by atoms with van der Waals surface area (Å²) < 4.78 is 7.71. The number of nitrogens with zero attached hydrogens (tertiary/aromatic N) is 5. The van der Waals surface area contributed by atoms with Crippen molar-refractivity contribution in [1.29, 1.82) is 0 Å². The second-order valence-electron chi connectivity index (χ2n) is 6.12. The zero-order valence-corrected chi connectivity index (χ0v) is 15.3. The first-order valence-corrected chi connectivity index (χ1v) is 9.39. The summed E-state index contributed by atoms with van der Waals surface area (Å²) in [5.74, 6) is 1.44. The van der Waals surface area contributed by atoms with Crippen molar-refractivity contribution in [2.45, 2.75) is 13.0 Å². The number of hydrogen-bond donors (Lipinski definition) is 0. The third kappa shape index (κ3) is 2.92. The molecule has 5 rings (SSSR count). The Morgan fingerprint density at radius 3 is 2.63 bits per heavy atom. The maximum atomic E-state index is 5.97. The summed E-state index contributed by atoms with van der Waals surface area (Å²) in [5.41, 5.74) is 1.66. The molecular formula is C20H15N5OS. The molecule has 1 unspecified atom stereocenters. The maximum absolute atomic E-state index is 5.97. The smallest absolute Gasteiger partial charge is 0.235 e. The van der Waals surface area contributed by atoms with Gasteiger partial charge in [0.05, 0.1) is 5.52 Å². The van der Waals surface area contributed by atoms with Crippen LogP contribution in [-0.4, -0.2) is 24.8 Å². The normalized spacial score (nSPS) is 12.5. The van der Waals surface area contributed by atoms with Crippen LogP contribution in [0.15, 0.2) is 66.7 Å². The van der Waals surface area contributed by atoms with Gasteiger partial charge in [0.15, 0.2) is 5.01 Å². The Balaban J connectivity index is 1.51. The molecule has 0 saturated carbocycles. The topological polar surface area (TPSA) is 65.2 Å². The Kier molecular flexibility index (Phi) is 3.79. The van der Waals surface area contributed by atoms with Crippen molar-refractivity contribution in [3.8, 4) is 17.3 Å². The van der Waals surface area contributed by atoms with Crippen LogP contribution in [0.25, 0.3) is 27.4 Å². The van der Waals surface area contributed by atoms with E-state index in [4.69, 9.17) is 9.72 Å². The number of rotatable bonds is 4. The van der Waals surface area contributed by atoms with Crippen LogP contribution in [0.3, 0.4) is 0 Å². The van der Waals surface area contributed by atoms with Gasteiger partial charge in [-0.2, -0.15) is 9.61 Å². The standard InChI is InChI=1S/C20H15N5OS/c1-13(26-15-8-3-2-4-9-15)19-24-25-18(22-23-20(25)27-19)17-12-11-14-7-5-6-10-16(14)21-17/h2-13H,1H3. The molecule has 0 aliphatic carbocycles. The molecule has 5 aromatic rings. The molecule has 27 heavy (non-hydrogen) atoms. The Hall–Kier alpha value is -3.32. The van der Waals surface area contributed by atoms with Crippen LogP contribution in [0.2, 0.25) is 0 Å². The van der Waals surface area contributed by atoms with Gasteiger partial charge >= 0.3 is 0 Å². The van der Waals surface area contributed by atoms with E-state index in [-0.39, 0.29) is 6.10 Å². The van der Waals surface area contributed by atoms with Gasteiger partial charge in [-0.15, -0.1) is 10.2 Å². The molecule has 3 aromatic heterocycles. The molecule has 0 spiro atoms. The van der Waals surface area contributed by atoms with Crippen LogP contribution in [0.4, 0.5) is 0 Å². The van der Waals surface area contributed by atoms with Gasteiger partial charge in [-0.1, -0.05) is 53.8 Å². The van der Waals surface area contributed by atoms with Crippen molar-refractivity contribution in [1.82, 2.24) is 24.8 Å². The Labute approximate surface area is 159 Å². The van der Waals surface area contributed by atoms with Crippen molar-refractivity contribution in [2.75, 3.05) is 0 Å². The Morgan fingerprint density at radius 1 is 0.926 bits per heavy atom. The van der Waals surface area contributed by atoms with Gasteiger partial charge in [-0.05, 0) is 31.2 Å².